The predicted octanol–water partition coefficient (Wildman–Crippen LogP) is 1.59. The molecule has 1 aromatic heterocycles. The summed E-state index contributed by atoms with van der Waals surface area (Å²) < 4.78 is 24.7. The third-order valence-electron chi connectivity index (χ3n) is 1.50. The number of aromatic nitrogens is 1. The highest BCUT2D eigenvalue weighted by molar-refractivity contribution is 9.10. The highest BCUT2D eigenvalue weighted by Gasteiger charge is 2.22. The number of primary amides is 1. The van der Waals surface area contributed by atoms with Gasteiger partial charge in [0.1, 0.15) is 0 Å². The lowest BCUT2D eigenvalue weighted by Crippen LogP contribution is -2.14. The van der Waals surface area contributed by atoms with Crippen LogP contribution in [0.25, 0.3) is 0 Å². The largest absolute Gasteiger partial charge is 0.505 e. The zero-order valence-electron chi connectivity index (χ0n) is 6.67. The third kappa shape index (κ3) is 1.82. The molecule has 0 aliphatic heterocycles. The summed E-state index contributed by atoms with van der Waals surface area (Å²) in [5.74, 6) is -1.95. The van der Waals surface area contributed by atoms with Crippen LogP contribution in [-0.2, 0) is 0 Å². The average molecular weight is 267 g/mol. The molecule has 1 heterocycles. The van der Waals surface area contributed by atoms with Crippen molar-refractivity contribution in [3.63, 3.8) is 0 Å². The first-order valence-corrected chi connectivity index (χ1v) is 4.19. The van der Waals surface area contributed by atoms with Crippen molar-refractivity contribution in [3.8, 4) is 5.75 Å². The molecule has 0 fully saturated rings. The van der Waals surface area contributed by atoms with Crippen molar-refractivity contribution in [2.75, 3.05) is 0 Å². The number of hydrogen-bond acceptors (Lipinski definition) is 3. The van der Waals surface area contributed by atoms with Crippen LogP contribution in [0.5, 0.6) is 5.75 Å². The lowest BCUT2D eigenvalue weighted by molar-refractivity contribution is 0.0991. The van der Waals surface area contributed by atoms with Gasteiger partial charge in [0.15, 0.2) is 11.4 Å². The fourth-order valence-corrected chi connectivity index (χ4v) is 1.34. The number of alkyl halides is 2. The van der Waals surface area contributed by atoms with Crippen molar-refractivity contribution in [1.82, 2.24) is 4.98 Å². The van der Waals surface area contributed by atoms with Gasteiger partial charge in [-0.25, -0.2) is 13.8 Å². The first-order chi connectivity index (χ1) is 6.45. The highest BCUT2D eigenvalue weighted by Crippen LogP contribution is 2.35. The van der Waals surface area contributed by atoms with Crippen molar-refractivity contribution in [2.45, 2.75) is 6.43 Å². The minimum Gasteiger partial charge on any atom is -0.505 e. The highest BCUT2D eigenvalue weighted by atomic mass is 79.9. The van der Waals surface area contributed by atoms with Gasteiger partial charge in [0.05, 0.1) is 5.56 Å². The van der Waals surface area contributed by atoms with E-state index in [1.807, 2.05) is 0 Å². The molecule has 0 spiro atoms. The summed E-state index contributed by atoms with van der Waals surface area (Å²) in [7, 11) is 0. The number of amides is 1. The summed E-state index contributed by atoms with van der Waals surface area (Å²) in [5.41, 5.74) is 3.56. The standard InChI is InChI=1S/C7H5BrF2N2O2/c8-2-1-12-4(7(11)14)5(13)3(2)6(9)10/h1,6,13H,(H2,11,14). The van der Waals surface area contributed by atoms with Crippen molar-refractivity contribution in [3.05, 3.63) is 21.9 Å². The molecule has 0 radical (unpaired) electrons. The number of rotatable bonds is 2. The Bertz CT molecular complexity index is 384. The summed E-state index contributed by atoms with van der Waals surface area (Å²) in [6.07, 6.45) is -1.92. The summed E-state index contributed by atoms with van der Waals surface area (Å²) in [6.45, 7) is 0. The van der Waals surface area contributed by atoms with E-state index in [0.717, 1.165) is 6.20 Å². The topological polar surface area (TPSA) is 76.2 Å². The Morgan fingerprint density at radius 3 is 2.64 bits per heavy atom. The van der Waals surface area contributed by atoms with E-state index >= 15 is 0 Å². The first-order valence-electron chi connectivity index (χ1n) is 3.40. The normalized spacial score (nSPS) is 10.6. The van der Waals surface area contributed by atoms with Gasteiger partial charge in [0, 0.05) is 10.7 Å². The lowest BCUT2D eigenvalue weighted by Gasteiger charge is -2.07. The van der Waals surface area contributed by atoms with E-state index in [0.29, 0.717) is 0 Å². The first kappa shape index (κ1) is 10.8. The predicted molar refractivity (Wildman–Crippen MR) is 47.1 cm³/mol. The minimum atomic E-state index is -2.91. The van der Waals surface area contributed by atoms with Gasteiger partial charge in [-0.3, -0.25) is 4.79 Å². The molecule has 0 saturated heterocycles. The molecule has 14 heavy (non-hydrogen) atoms. The molecule has 4 nitrogen and oxygen atoms in total. The molecule has 76 valence electrons. The number of halogens is 3. The molecular weight excluding hydrogens is 262 g/mol. The third-order valence-corrected chi connectivity index (χ3v) is 2.13. The molecule has 1 rings (SSSR count). The summed E-state index contributed by atoms with van der Waals surface area (Å²) in [4.78, 5) is 14.1. The van der Waals surface area contributed by atoms with Crippen LogP contribution in [-0.4, -0.2) is 16.0 Å². The number of nitrogens with two attached hydrogens (primary N) is 1. The molecule has 1 aromatic rings. The Morgan fingerprint density at radius 2 is 2.21 bits per heavy atom. The molecule has 0 atom stereocenters. The Balaban J connectivity index is 3.41. The van der Waals surface area contributed by atoms with Crippen LogP contribution in [0.2, 0.25) is 0 Å². The molecular formula is C7H5BrF2N2O2. The van der Waals surface area contributed by atoms with Crippen LogP contribution >= 0.6 is 15.9 Å². The van der Waals surface area contributed by atoms with Crippen LogP contribution in [0.1, 0.15) is 22.5 Å². The van der Waals surface area contributed by atoms with E-state index < -0.39 is 29.3 Å². The van der Waals surface area contributed by atoms with E-state index in [1.165, 1.54) is 0 Å². The zero-order valence-corrected chi connectivity index (χ0v) is 8.25. The van der Waals surface area contributed by atoms with Gasteiger partial charge in [0.2, 0.25) is 0 Å². The smallest absolute Gasteiger partial charge is 0.271 e. The molecule has 0 aromatic carbocycles. The maximum Gasteiger partial charge on any atom is 0.271 e. The number of pyridine rings is 1. The maximum absolute atomic E-state index is 12.4. The molecule has 7 heteroatoms. The number of hydrogen-bond donors (Lipinski definition) is 2. The van der Waals surface area contributed by atoms with Gasteiger partial charge >= 0.3 is 0 Å². The number of carbonyl (C=O) groups is 1. The monoisotopic (exact) mass is 266 g/mol. The Hall–Kier alpha value is -1.24. The van der Waals surface area contributed by atoms with Crippen LogP contribution in [0.15, 0.2) is 10.7 Å². The Labute approximate surface area is 85.9 Å². The quantitative estimate of drug-likeness (QED) is 0.854. The molecule has 0 saturated carbocycles. The van der Waals surface area contributed by atoms with E-state index in [9.17, 15) is 18.7 Å². The lowest BCUT2D eigenvalue weighted by atomic mass is 10.2. The number of aromatic hydroxyl groups is 1. The van der Waals surface area contributed by atoms with E-state index in [2.05, 4.69) is 20.9 Å². The SMILES string of the molecule is NC(=O)c1ncc(Br)c(C(F)F)c1O. The number of carbonyl (C=O) groups excluding carboxylic acids is 1. The molecule has 1 amide bonds. The van der Waals surface area contributed by atoms with Gasteiger partial charge in [-0.1, -0.05) is 0 Å². The van der Waals surface area contributed by atoms with Crippen LogP contribution in [0.4, 0.5) is 8.78 Å². The molecule has 0 aliphatic carbocycles. The van der Waals surface area contributed by atoms with Gasteiger partial charge in [-0.15, -0.1) is 0 Å². The van der Waals surface area contributed by atoms with Crippen LogP contribution < -0.4 is 5.73 Å². The van der Waals surface area contributed by atoms with Gasteiger partial charge in [-0.2, -0.15) is 0 Å². The fraction of sp³-hybridized carbons (Fsp3) is 0.143. The van der Waals surface area contributed by atoms with Crippen molar-refractivity contribution in [2.24, 2.45) is 5.73 Å². The fourth-order valence-electron chi connectivity index (χ4n) is 0.880. The Morgan fingerprint density at radius 1 is 1.64 bits per heavy atom. The summed E-state index contributed by atoms with van der Waals surface area (Å²) >= 11 is 2.78. The molecule has 0 bridgehead atoms. The van der Waals surface area contributed by atoms with E-state index in [4.69, 9.17) is 5.73 Å². The Kier molecular flexibility index (Phi) is 3.00. The number of nitrogens with zero attached hydrogens (tertiary/aromatic N) is 1. The molecule has 0 unspecified atom stereocenters. The molecule has 3 N–H and O–H groups in total. The minimum absolute atomic E-state index is 0.0741. The van der Waals surface area contributed by atoms with Crippen LogP contribution in [0, 0.1) is 0 Å². The second-order valence-electron chi connectivity index (χ2n) is 2.38. The van der Waals surface area contributed by atoms with Gasteiger partial charge in [0.25, 0.3) is 12.3 Å². The van der Waals surface area contributed by atoms with Gasteiger partial charge in [-0.05, 0) is 15.9 Å². The van der Waals surface area contributed by atoms with E-state index in [1.54, 1.807) is 0 Å². The van der Waals surface area contributed by atoms with Crippen molar-refractivity contribution < 1.29 is 18.7 Å². The summed E-state index contributed by atoms with van der Waals surface area (Å²) in [5, 5.41) is 9.24. The van der Waals surface area contributed by atoms with Crippen LogP contribution in [0.3, 0.4) is 0 Å². The van der Waals surface area contributed by atoms with E-state index in [-0.39, 0.29) is 4.47 Å². The second-order valence-corrected chi connectivity index (χ2v) is 3.24. The second kappa shape index (κ2) is 3.87. The van der Waals surface area contributed by atoms with Gasteiger partial charge < -0.3 is 10.8 Å². The average Bonchev–Trinajstić information content (AvgIpc) is 2.02. The van der Waals surface area contributed by atoms with Crippen molar-refractivity contribution in [1.29, 1.82) is 0 Å². The maximum atomic E-state index is 12.4. The van der Waals surface area contributed by atoms with Crippen molar-refractivity contribution >= 4 is 21.8 Å². The molecule has 0 aliphatic rings. The zero-order chi connectivity index (χ0) is 10.9. The summed E-state index contributed by atoms with van der Waals surface area (Å²) in [6, 6.07) is 0.